The molecule has 0 nitrogen and oxygen atoms in total. The van der Waals surface area contributed by atoms with E-state index in [9.17, 15) is 0 Å². The number of rotatable bonds is 6. The van der Waals surface area contributed by atoms with Gasteiger partial charge in [-0.3, -0.25) is 0 Å². The first-order chi connectivity index (χ1) is 8.59. The van der Waals surface area contributed by atoms with Gasteiger partial charge < -0.3 is 0 Å². The lowest BCUT2D eigenvalue weighted by Gasteiger charge is -2.03. The summed E-state index contributed by atoms with van der Waals surface area (Å²) in [6.07, 6.45) is 7.01. The maximum Gasteiger partial charge on any atom is 0.0163 e. The van der Waals surface area contributed by atoms with Crippen LogP contribution >= 0.6 is 11.8 Å². The minimum absolute atomic E-state index is 1.07. The molecule has 18 heavy (non-hydrogen) atoms. The van der Waals surface area contributed by atoms with Crippen molar-refractivity contribution in [3.63, 3.8) is 0 Å². The van der Waals surface area contributed by atoms with Crippen molar-refractivity contribution < 1.29 is 0 Å². The predicted octanol–water partition coefficient (Wildman–Crippen LogP) is 5.78. The highest BCUT2D eigenvalue weighted by molar-refractivity contribution is 7.99. The van der Waals surface area contributed by atoms with Crippen molar-refractivity contribution >= 4 is 11.8 Å². The lowest BCUT2D eigenvalue weighted by molar-refractivity contribution is 0.964. The van der Waals surface area contributed by atoms with Crippen LogP contribution in [0.2, 0.25) is 0 Å². The Morgan fingerprint density at radius 3 is 2.50 bits per heavy atom. The second-order valence-corrected chi connectivity index (χ2v) is 6.01. The van der Waals surface area contributed by atoms with Crippen LogP contribution in [0, 0.1) is 6.92 Å². The lowest BCUT2D eigenvalue weighted by atomic mass is 10.1. The summed E-state index contributed by atoms with van der Waals surface area (Å²) in [5.41, 5.74) is 4.28. The van der Waals surface area contributed by atoms with Gasteiger partial charge in [-0.05, 0) is 52.2 Å². The van der Waals surface area contributed by atoms with Crippen molar-refractivity contribution in [3.8, 4) is 0 Å². The summed E-state index contributed by atoms with van der Waals surface area (Å²) in [5, 5.41) is 0. The number of allylic oxidation sites excluding steroid dienone is 3. The number of thioether (sulfide) groups is 1. The molecular weight excluding hydrogens is 236 g/mol. The average Bonchev–Trinajstić information content (AvgIpc) is 2.31. The average molecular weight is 260 g/mol. The van der Waals surface area contributed by atoms with Crippen molar-refractivity contribution in [1.82, 2.24) is 0 Å². The third kappa shape index (κ3) is 6.11. The van der Waals surface area contributed by atoms with Crippen molar-refractivity contribution in [1.29, 1.82) is 0 Å². The van der Waals surface area contributed by atoms with Crippen LogP contribution in [0.5, 0.6) is 0 Å². The van der Waals surface area contributed by atoms with Crippen LogP contribution in [0.15, 0.2) is 52.5 Å². The summed E-state index contributed by atoms with van der Waals surface area (Å²) in [6.45, 7) is 8.73. The van der Waals surface area contributed by atoms with Gasteiger partial charge in [-0.1, -0.05) is 41.5 Å². The van der Waals surface area contributed by atoms with Gasteiger partial charge in [-0.25, -0.2) is 0 Å². The molecule has 0 spiro atoms. The molecule has 98 valence electrons. The van der Waals surface area contributed by atoms with E-state index in [2.05, 4.69) is 64.1 Å². The maximum atomic E-state index is 2.36. The van der Waals surface area contributed by atoms with Gasteiger partial charge in [0.25, 0.3) is 0 Å². The molecule has 1 rings (SSSR count). The highest BCUT2D eigenvalue weighted by Gasteiger charge is 1.96. The summed E-state index contributed by atoms with van der Waals surface area (Å²) in [5.74, 6) is 1.07. The van der Waals surface area contributed by atoms with Gasteiger partial charge in [0.1, 0.15) is 0 Å². The molecule has 0 atom stereocenters. The number of aryl methyl sites for hydroxylation is 1. The molecule has 0 saturated heterocycles. The van der Waals surface area contributed by atoms with Crippen molar-refractivity contribution in [2.45, 2.75) is 45.4 Å². The van der Waals surface area contributed by atoms with Crippen molar-refractivity contribution in [2.75, 3.05) is 5.75 Å². The van der Waals surface area contributed by atoms with Crippen LogP contribution in [-0.4, -0.2) is 5.75 Å². The maximum absolute atomic E-state index is 2.36. The predicted molar refractivity (Wildman–Crippen MR) is 84.3 cm³/mol. The Balaban J connectivity index is 2.36. The van der Waals surface area contributed by atoms with Crippen LogP contribution in [0.1, 0.15) is 39.2 Å². The van der Waals surface area contributed by atoms with Crippen LogP contribution in [-0.2, 0) is 0 Å². The van der Waals surface area contributed by atoms with E-state index in [4.69, 9.17) is 0 Å². The van der Waals surface area contributed by atoms with Gasteiger partial charge in [0.2, 0.25) is 0 Å². The molecule has 0 saturated carbocycles. The molecule has 0 radical (unpaired) electrons. The Morgan fingerprint density at radius 1 is 1.11 bits per heavy atom. The molecule has 0 N–H and O–H groups in total. The Kier molecular flexibility index (Phi) is 6.89. The standard InChI is InChI=1S/C17H24S/c1-14(2)8-7-9-15(3)12-13-18-17-11-6-5-10-16(17)4/h5-6,8,10-12H,7,9,13H2,1-4H3/b15-12+. The molecule has 0 unspecified atom stereocenters. The topological polar surface area (TPSA) is 0 Å². The first-order valence-corrected chi connectivity index (χ1v) is 7.55. The van der Waals surface area contributed by atoms with E-state index in [1.807, 2.05) is 11.8 Å². The smallest absolute Gasteiger partial charge is 0.0163 e. The van der Waals surface area contributed by atoms with E-state index in [-0.39, 0.29) is 0 Å². The van der Waals surface area contributed by atoms with E-state index in [0.717, 1.165) is 5.75 Å². The summed E-state index contributed by atoms with van der Waals surface area (Å²) >= 11 is 1.92. The van der Waals surface area contributed by atoms with E-state index >= 15 is 0 Å². The molecule has 0 fully saturated rings. The fourth-order valence-electron chi connectivity index (χ4n) is 1.68. The molecule has 0 amide bonds. The Hall–Kier alpha value is -0.950. The van der Waals surface area contributed by atoms with Gasteiger partial charge in [0, 0.05) is 10.6 Å². The number of benzene rings is 1. The zero-order valence-electron chi connectivity index (χ0n) is 12.0. The van der Waals surface area contributed by atoms with Gasteiger partial charge in [0.05, 0.1) is 0 Å². The zero-order chi connectivity index (χ0) is 13.4. The fourth-order valence-corrected chi connectivity index (χ4v) is 2.70. The summed E-state index contributed by atoms with van der Waals surface area (Å²) < 4.78 is 0. The fraction of sp³-hybridized carbons (Fsp3) is 0.412. The molecule has 0 aromatic heterocycles. The molecule has 0 bridgehead atoms. The van der Waals surface area contributed by atoms with E-state index in [0.29, 0.717) is 0 Å². The Labute approximate surface area is 116 Å². The number of hydrogen-bond donors (Lipinski definition) is 0. The largest absolute Gasteiger partial charge is 0.122 e. The zero-order valence-corrected chi connectivity index (χ0v) is 12.8. The normalized spacial score (nSPS) is 11.4. The Bertz CT molecular complexity index is 423. The summed E-state index contributed by atoms with van der Waals surface area (Å²) in [7, 11) is 0. The summed E-state index contributed by atoms with van der Waals surface area (Å²) in [6, 6.07) is 8.58. The second-order valence-electron chi connectivity index (χ2n) is 4.95. The van der Waals surface area contributed by atoms with E-state index in [1.54, 1.807) is 0 Å². The van der Waals surface area contributed by atoms with Crippen LogP contribution in [0.25, 0.3) is 0 Å². The van der Waals surface area contributed by atoms with Crippen molar-refractivity contribution in [2.24, 2.45) is 0 Å². The second kappa shape index (κ2) is 8.20. The van der Waals surface area contributed by atoms with Crippen LogP contribution < -0.4 is 0 Å². The Morgan fingerprint density at radius 2 is 1.83 bits per heavy atom. The lowest BCUT2D eigenvalue weighted by Crippen LogP contribution is -1.82. The monoisotopic (exact) mass is 260 g/mol. The van der Waals surface area contributed by atoms with Crippen LogP contribution in [0.3, 0.4) is 0 Å². The molecular formula is C17H24S. The van der Waals surface area contributed by atoms with E-state index in [1.165, 1.54) is 34.4 Å². The minimum atomic E-state index is 1.07. The van der Waals surface area contributed by atoms with E-state index < -0.39 is 0 Å². The first kappa shape index (κ1) is 15.1. The van der Waals surface area contributed by atoms with Crippen LogP contribution in [0.4, 0.5) is 0 Å². The molecule has 0 aliphatic rings. The summed E-state index contributed by atoms with van der Waals surface area (Å²) in [4.78, 5) is 1.39. The highest BCUT2D eigenvalue weighted by atomic mass is 32.2. The molecule has 0 heterocycles. The van der Waals surface area contributed by atoms with Gasteiger partial charge in [-0.15, -0.1) is 11.8 Å². The van der Waals surface area contributed by atoms with Gasteiger partial charge in [0.15, 0.2) is 0 Å². The quantitative estimate of drug-likeness (QED) is 0.461. The third-order valence-electron chi connectivity index (χ3n) is 2.86. The number of hydrogen-bond acceptors (Lipinski definition) is 1. The molecule has 0 aliphatic carbocycles. The minimum Gasteiger partial charge on any atom is -0.122 e. The molecule has 1 heteroatoms. The van der Waals surface area contributed by atoms with Gasteiger partial charge >= 0.3 is 0 Å². The molecule has 1 aromatic rings. The SMILES string of the molecule is CC(C)=CCC/C(C)=C/CSc1ccccc1C. The third-order valence-corrected chi connectivity index (χ3v) is 3.96. The van der Waals surface area contributed by atoms with Crippen molar-refractivity contribution in [3.05, 3.63) is 53.1 Å². The molecule has 0 aliphatic heterocycles. The highest BCUT2D eigenvalue weighted by Crippen LogP contribution is 2.22. The first-order valence-electron chi connectivity index (χ1n) is 6.57. The van der Waals surface area contributed by atoms with Gasteiger partial charge in [-0.2, -0.15) is 0 Å². The molecule has 1 aromatic carbocycles.